The molecule has 18 heavy (non-hydrogen) atoms. The molecule has 0 fully saturated rings. The normalized spacial score (nSPS) is 14.6. The summed E-state index contributed by atoms with van der Waals surface area (Å²) in [5.41, 5.74) is 4.96. The van der Waals surface area contributed by atoms with E-state index >= 15 is 0 Å². The van der Waals surface area contributed by atoms with Gasteiger partial charge in [0, 0.05) is 19.6 Å². The van der Waals surface area contributed by atoms with E-state index in [1.54, 1.807) is 34.7 Å². The molecule has 6 heteroatoms. The molecule has 0 saturated heterocycles. The average Bonchev–Trinajstić information content (AvgIpc) is 2.26. The fraction of sp³-hybridized carbons (Fsp3) is 0.833. The van der Waals surface area contributed by atoms with Gasteiger partial charge < -0.3 is 20.1 Å². The van der Waals surface area contributed by atoms with E-state index in [9.17, 15) is 9.59 Å². The number of methoxy groups -OCH3 is 1. The monoisotopic (exact) mass is 260 g/mol. The smallest absolute Gasteiger partial charge is 0.410 e. The van der Waals surface area contributed by atoms with E-state index in [1.165, 1.54) is 12.0 Å². The van der Waals surface area contributed by atoms with Crippen LogP contribution in [0.5, 0.6) is 0 Å². The molecule has 2 atom stereocenters. The molecule has 0 radical (unpaired) electrons. The number of rotatable bonds is 4. The van der Waals surface area contributed by atoms with Crippen LogP contribution in [0.15, 0.2) is 0 Å². The molecule has 0 aliphatic rings. The number of ether oxygens (including phenoxy) is 2. The van der Waals surface area contributed by atoms with Crippen molar-refractivity contribution in [3.63, 3.8) is 0 Å². The molecule has 6 nitrogen and oxygen atoms in total. The maximum atomic E-state index is 11.8. The Kier molecular flexibility index (Phi) is 6.11. The maximum absolute atomic E-state index is 11.8. The molecule has 106 valence electrons. The fourth-order valence-electron chi connectivity index (χ4n) is 1.41. The topological polar surface area (TPSA) is 81.9 Å². The second-order valence-corrected chi connectivity index (χ2v) is 5.20. The molecule has 0 saturated carbocycles. The van der Waals surface area contributed by atoms with Gasteiger partial charge in [0.25, 0.3) is 0 Å². The number of nitrogens with zero attached hydrogens (tertiary/aromatic N) is 1. The number of amides is 1. The van der Waals surface area contributed by atoms with Crippen molar-refractivity contribution >= 4 is 12.1 Å². The number of carbonyl (C=O) groups excluding carboxylic acids is 2. The van der Waals surface area contributed by atoms with Gasteiger partial charge in [0.1, 0.15) is 5.60 Å². The predicted molar refractivity (Wildman–Crippen MR) is 68.0 cm³/mol. The molecule has 0 aromatic carbocycles. The van der Waals surface area contributed by atoms with Crippen molar-refractivity contribution in [2.75, 3.05) is 20.7 Å². The first-order valence-corrected chi connectivity index (χ1v) is 5.87. The predicted octanol–water partition coefficient (Wildman–Crippen LogP) is 0.990. The molecule has 0 aliphatic carbocycles. The summed E-state index contributed by atoms with van der Waals surface area (Å²) in [6, 6.07) is -0.391. The molecular weight excluding hydrogens is 236 g/mol. The highest BCUT2D eigenvalue weighted by Crippen LogP contribution is 2.15. The Morgan fingerprint density at radius 2 is 1.83 bits per heavy atom. The molecule has 0 spiro atoms. The van der Waals surface area contributed by atoms with Crippen molar-refractivity contribution in [3.05, 3.63) is 0 Å². The lowest BCUT2D eigenvalue weighted by Gasteiger charge is -2.31. The van der Waals surface area contributed by atoms with Crippen molar-refractivity contribution < 1.29 is 19.1 Å². The van der Waals surface area contributed by atoms with E-state index in [-0.39, 0.29) is 6.54 Å². The Bertz CT molecular complexity index is 299. The molecule has 0 rings (SSSR count). The van der Waals surface area contributed by atoms with E-state index in [2.05, 4.69) is 4.74 Å². The van der Waals surface area contributed by atoms with Crippen molar-refractivity contribution in [3.8, 4) is 0 Å². The number of nitrogens with two attached hydrogens (primary N) is 1. The van der Waals surface area contributed by atoms with Gasteiger partial charge >= 0.3 is 12.1 Å². The van der Waals surface area contributed by atoms with E-state index < -0.39 is 29.6 Å². The minimum absolute atomic E-state index is 0.112. The molecule has 1 amide bonds. The molecular formula is C12H24N2O4. The van der Waals surface area contributed by atoms with Crippen LogP contribution in [0.3, 0.4) is 0 Å². The summed E-state index contributed by atoms with van der Waals surface area (Å²) in [6.45, 7) is 7.19. The van der Waals surface area contributed by atoms with Crippen LogP contribution in [0, 0.1) is 5.92 Å². The van der Waals surface area contributed by atoms with E-state index in [1.807, 2.05) is 0 Å². The Balaban J connectivity index is 4.71. The van der Waals surface area contributed by atoms with Crippen LogP contribution in [-0.2, 0) is 14.3 Å². The highest BCUT2D eigenvalue weighted by molar-refractivity contribution is 5.75. The minimum atomic E-state index is -0.575. The lowest BCUT2D eigenvalue weighted by molar-refractivity contribution is -0.146. The summed E-state index contributed by atoms with van der Waals surface area (Å²) in [5.74, 6) is -0.993. The third kappa shape index (κ3) is 4.91. The first-order valence-electron chi connectivity index (χ1n) is 5.87. The number of esters is 1. The average molecular weight is 260 g/mol. The fourth-order valence-corrected chi connectivity index (χ4v) is 1.41. The van der Waals surface area contributed by atoms with Gasteiger partial charge in [-0.2, -0.15) is 0 Å². The highest BCUT2D eigenvalue weighted by Gasteiger charge is 2.31. The van der Waals surface area contributed by atoms with Gasteiger partial charge in [-0.15, -0.1) is 0 Å². The molecule has 2 N–H and O–H groups in total. The first-order chi connectivity index (χ1) is 8.14. The van der Waals surface area contributed by atoms with Gasteiger partial charge in [0.05, 0.1) is 13.0 Å². The largest absolute Gasteiger partial charge is 0.469 e. The first kappa shape index (κ1) is 16.7. The van der Waals surface area contributed by atoms with Crippen molar-refractivity contribution in [1.82, 2.24) is 4.90 Å². The van der Waals surface area contributed by atoms with Crippen LogP contribution in [0.2, 0.25) is 0 Å². The van der Waals surface area contributed by atoms with Crippen LogP contribution in [0.1, 0.15) is 27.7 Å². The number of hydrogen-bond donors (Lipinski definition) is 1. The standard InChI is InChI=1S/C12H24N2O4/c1-8(9(7-13)10(15)17-6)14(5)11(16)18-12(2,3)4/h8-9H,7,13H2,1-6H3. The van der Waals surface area contributed by atoms with Gasteiger partial charge in [-0.05, 0) is 27.7 Å². The highest BCUT2D eigenvalue weighted by atomic mass is 16.6. The van der Waals surface area contributed by atoms with Gasteiger partial charge in [-0.25, -0.2) is 4.79 Å². The Labute approximate surface area is 108 Å². The SMILES string of the molecule is COC(=O)C(CN)C(C)N(C)C(=O)OC(C)(C)C. The molecule has 0 bridgehead atoms. The summed E-state index contributed by atoms with van der Waals surface area (Å²) in [6.07, 6.45) is -0.489. The van der Waals surface area contributed by atoms with Crippen molar-refractivity contribution in [1.29, 1.82) is 0 Å². The van der Waals surface area contributed by atoms with Crippen molar-refractivity contribution in [2.45, 2.75) is 39.3 Å². The zero-order chi connectivity index (χ0) is 14.5. The number of carbonyl (C=O) groups is 2. The van der Waals surface area contributed by atoms with E-state index in [4.69, 9.17) is 10.5 Å². The van der Waals surface area contributed by atoms with E-state index in [0.29, 0.717) is 0 Å². The van der Waals surface area contributed by atoms with Gasteiger partial charge in [-0.3, -0.25) is 4.79 Å². The lowest BCUT2D eigenvalue weighted by atomic mass is 10.0. The molecule has 0 aliphatic heterocycles. The van der Waals surface area contributed by atoms with Crippen LogP contribution in [-0.4, -0.2) is 49.3 Å². The van der Waals surface area contributed by atoms with Crippen LogP contribution in [0.25, 0.3) is 0 Å². The third-order valence-corrected chi connectivity index (χ3v) is 2.63. The zero-order valence-corrected chi connectivity index (χ0v) is 12.0. The maximum Gasteiger partial charge on any atom is 0.410 e. The lowest BCUT2D eigenvalue weighted by Crippen LogP contribution is -2.47. The minimum Gasteiger partial charge on any atom is -0.469 e. The van der Waals surface area contributed by atoms with E-state index in [0.717, 1.165) is 0 Å². The summed E-state index contributed by atoms with van der Waals surface area (Å²) in [4.78, 5) is 24.7. The third-order valence-electron chi connectivity index (χ3n) is 2.63. The van der Waals surface area contributed by atoms with Crippen LogP contribution in [0.4, 0.5) is 4.79 Å². The molecule has 0 aromatic heterocycles. The Morgan fingerprint density at radius 1 is 1.33 bits per heavy atom. The van der Waals surface area contributed by atoms with Crippen LogP contribution < -0.4 is 5.73 Å². The summed E-state index contributed by atoms with van der Waals surface area (Å²) in [5, 5.41) is 0. The summed E-state index contributed by atoms with van der Waals surface area (Å²) in [7, 11) is 2.87. The second-order valence-electron chi connectivity index (χ2n) is 5.20. The number of hydrogen-bond acceptors (Lipinski definition) is 5. The summed E-state index contributed by atoms with van der Waals surface area (Å²) < 4.78 is 9.88. The molecule has 2 unspecified atom stereocenters. The Hall–Kier alpha value is -1.30. The van der Waals surface area contributed by atoms with Crippen LogP contribution >= 0.6 is 0 Å². The quantitative estimate of drug-likeness (QED) is 0.762. The zero-order valence-electron chi connectivity index (χ0n) is 12.0. The van der Waals surface area contributed by atoms with Gasteiger partial charge in [-0.1, -0.05) is 0 Å². The summed E-state index contributed by atoms with van der Waals surface area (Å²) >= 11 is 0. The van der Waals surface area contributed by atoms with Crippen molar-refractivity contribution in [2.24, 2.45) is 11.7 Å². The molecule has 0 aromatic rings. The molecule has 0 heterocycles. The van der Waals surface area contributed by atoms with Gasteiger partial charge in [0.2, 0.25) is 0 Å². The Morgan fingerprint density at radius 3 is 2.17 bits per heavy atom. The second kappa shape index (κ2) is 6.58. The van der Waals surface area contributed by atoms with Gasteiger partial charge in [0.15, 0.2) is 0 Å².